The van der Waals surface area contributed by atoms with Crippen molar-refractivity contribution in [2.24, 2.45) is 17.3 Å². The van der Waals surface area contributed by atoms with Gasteiger partial charge in [-0.2, -0.15) is 0 Å². The first-order valence-corrected chi connectivity index (χ1v) is 5.98. The van der Waals surface area contributed by atoms with E-state index in [1.165, 1.54) is 7.05 Å². The van der Waals surface area contributed by atoms with Crippen LogP contribution in [0.15, 0.2) is 11.4 Å². The molecule has 1 aliphatic rings. The van der Waals surface area contributed by atoms with E-state index in [1.54, 1.807) is 0 Å². The largest absolute Gasteiger partial charge is 0.394 e. The quantitative estimate of drug-likeness (QED) is 0.0613. The molecule has 1 amide bonds. The lowest BCUT2D eigenvalue weighted by Gasteiger charge is -2.27. The molecule has 0 aromatic heterocycles. The highest BCUT2D eigenvalue weighted by Crippen LogP contribution is 2.23. The molecule has 0 radical (unpaired) electrons. The van der Waals surface area contributed by atoms with Crippen LogP contribution in [0.1, 0.15) is 0 Å². The van der Waals surface area contributed by atoms with Crippen LogP contribution in [0.25, 0.3) is 0 Å². The van der Waals surface area contributed by atoms with Gasteiger partial charge in [-0.15, -0.1) is 0 Å². The van der Waals surface area contributed by atoms with Crippen molar-refractivity contribution in [3.63, 3.8) is 0 Å². The highest BCUT2D eigenvalue weighted by Gasteiger charge is 2.46. The molecule has 120 valence electrons. The Hall–Kier alpha value is -1.92. The topological polar surface area (TPSA) is 204 Å². The number of amides is 1. The first-order valence-electron chi connectivity index (χ1n) is 5.98. The molecule has 1 heterocycles. The maximum absolute atomic E-state index is 12.2. The summed E-state index contributed by atoms with van der Waals surface area (Å²) in [5, 5.41) is 38.5. The number of hydrogen-bond acceptors (Lipinski definition) is 9. The number of carbonyl (C=O) groups is 1. The van der Waals surface area contributed by atoms with Crippen LogP contribution in [0.2, 0.25) is 0 Å². The van der Waals surface area contributed by atoms with E-state index in [0.29, 0.717) is 5.01 Å². The number of likely N-dealkylation sites (N-methyl/N-ethyl adjacent to an activating group) is 1. The molecule has 0 aromatic rings. The third-order valence-electron chi connectivity index (χ3n) is 3.05. The van der Waals surface area contributed by atoms with Crippen LogP contribution in [0.3, 0.4) is 0 Å². The number of carbonyl (C=O) groups excluding carboxylic acids is 1. The Morgan fingerprint density at radius 3 is 2.33 bits per heavy atom. The molecule has 4 unspecified atom stereocenters. The highest BCUT2D eigenvalue weighted by atomic mass is 16.6. The molecule has 1 aliphatic heterocycles. The second-order valence-electron chi connectivity index (χ2n) is 4.39. The van der Waals surface area contributed by atoms with Crippen molar-refractivity contribution in [1.82, 2.24) is 10.3 Å². The Morgan fingerprint density at radius 1 is 1.38 bits per heavy atom. The minimum Gasteiger partial charge on any atom is -0.394 e. The predicted octanol–water partition coefficient (Wildman–Crippen LogP) is -4.55. The molecule has 0 aromatic carbocycles. The number of hydrogen-bond donors (Lipinski definition) is 8. The van der Waals surface area contributed by atoms with Crippen LogP contribution in [-0.2, 0) is 9.53 Å². The predicted molar refractivity (Wildman–Crippen MR) is 71.0 cm³/mol. The van der Waals surface area contributed by atoms with Gasteiger partial charge in [-0.25, -0.2) is 10.9 Å². The zero-order chi connectivity index (χ0) is 16.3. The Morgan fingerprint density at radius 2 is 1.95 bits per heavy atom. The van der Waals surface area contributed by atoms with Gasteiger partial charge in [0.2, 0.25) is 0 Å². The zero-order valence-corrected chi connectivity index (χ0v) is 11.4. The summed E-state index contributed by atoms with van der Waals surface area (Å²) in [7, 11) is 1.37. The summed E-state index contributed by atoms with van der Waals surface area (Å²) in [6.45, 7) is -0.554. The van der Waals surface area contributed by atoms with E-state index in [2.05, 4.69) is 5.32 Å². The summed E-state index contributed by atoms with van der Waals surface area (Å²) in [4.78, 5) is 12.2. The van der Waals surface area contributed by atoms with E-state index in [0.717, 1.165) is 0 Å². The van der Waals surface area contributed by atoms with E-state index in [-0.39, 0.29) is 11.4 Å². The summed E-state index contributed by atoms with van der Waals surface area (Å²) >= 11 is 0. The molecule has 4 atom stereocenters. The smallest absolute Gasteiger partial charge is 0.288 e. The summed E-state index contributed by atoms with van der Waals surface area (Å²) in [5.74, 6) is 4.13. The molecular weight excluding hydrogens is 284 g/mol. The first kappa shape index (κ1) is 17.1. The number of aliphatic hydroxyl groups is 3. The third-order valence-corrected chi connectivity index (χ3v) is 3.05. The maximum atomic E-state index is 12.2. The van der Waals surface area contributed by atoms with Gasteiger partial charge in [0, 0.05) is 7.05 Å². The van der Waals surface area contributed by atoms with Gasteiger partial charge >= 0.3 is 0 Å². The molecule has 1 fully saturated rings. The SMILES string of the molecule is CN/C(C(=O)N(N)C1OC(CO)C(O)C1O)=C(/N)C(=N)N. The van der Waals surface area contributed by atoms with Crippen molar-refractivity contribution < 1.29 is 24.9 Å². The van der Waals surface area contributed by atoms with E-state index >= 15 is 0 Å². The van der Waals surface area contributed by atoms with Crippen LogP contribution in [-0.4, -0.2) is 70.3 Å². The molecule has 11 nitrogen and oxygen atoms in total. The van der Waals surface area contributed by atoms with Crippen LogP contribution < -0.4 is 22.6 Å². The zero-order valence-electron chi connectivity index (χ0n) is 11.4. The van der Waals surface area contributed by atoms with Crippen molar-refractivity contribution in [2.75, 3.05) is 13.7 Å². The van der Waals surface area contributed by atoms with Crippen LogP contribution in [0, 0.1) is 5.41 Å². The number of aliphatic hydroxyl groups excluding tert-OH is 3. The minimum absolute atomic E-state index is 0.261. The summed E-state index contributed by atoms with van der Waals surface area (Å²) in [6.07, 6.45) is -5.36. The van der Waals surface area contributed by atoms with Crippen molar-refractivity contribution in [3.8, 4) is 0 Å². The van der Waals surface area contributed by atoms with Crippen molar-refractivity contribution in [1.29, 1.82) is 5.41 Å². The fourth-order valence-corrected chi connectivity index (χ4v) is 1.85. The molecule has 0 aliphatic carbocycles. The molecular formula is C10H20N6O5. The molecule has 11 N–H and O–H groups in total. The number of rotatable bonds is 5. The van der Waals surface area contributed by atoms with Gasteiger partial charge in [0.25, 0.3) is 5.91 Å². The van der Waals surface area contributed by atoms with Gasteiger partial charge in [-0.3, -0.25) is 10.2 Å². The van der Waals surface area contributed by atoms with Gasteiger partial charge in [0.05, 0.1) is 6.61 Å². The first-order chi connectivity index (χ1) is 9.76. The molecule has 0 spiro atoms. The van der Waals surface area contributed by atoms with Crippen LogP contribution >= 0.6 is 0 Å². The summed E-state index contributed by atoms with van der Waals surface area (Å²) in [6, 6.07) is 0. The lowest BCUT2D eigenvalue weighted by Crippen LogP contribution is -2.53. The van der Waals surface area contributed by atoms with Gasteiger partial charge in [-0.05, 0) is 0 Å². The molecule has 1 rings (SSSR count). The minimum atomic E-state index is -1.51. The fourth-order valence-electron chi connectivity index (χ4n) is 1.85. The van der Waals surface area contributed by atoms with Gasteiger partial charge in [0.15, 0.2) is 6.23 Å². The third kappa shape index (κ3) is 3.22. The Bertz CT molecular complexity index is 455. The number of amidine groups is 1. The molecule has 0 saturated carbocycles. The lowest BCUT2D eigenvalue weighted by atomic mass is 10.1. The van der Waals surface area contributed by atoms with E-state index in [9.17, 15) is 15.0 Å². The number of nitrogens with two attached hydrogens (primary N) is 3. The number of hydrazine groups is 1. The number of ether oxygens (including phenoxy) is 1. The normalized spacial score (nSPS) is 29.8. The van der Waals surface area contributed by atoms with Gasteiger partial charge in [0.1, 0.15) is 35.5 Å². The van der Waals surface area contributed by atoms with E-state index in [4.69, 9.17) is 32.6 Å². The average molecular weight is 304 g/mol. The van der Waals surface area contributed by atoms with Crippen LogP contribution in [0.4, 0.5) is 0 Å². The maximum Gasteiger partial charge on any atom is 0.288 e. The molecule has 21 heavy (non-hydrogen) atoms. The van der Waals surface area contributed by atoms with E-state index < -0.39 is 42.9 Å². The molecule has 0 bridgehead atoms. The highest BCUT2D eigenvalue weighted by molar-refractivity contribution is 6.04. The fraction of sp³-hybridized carbons (Fsp3) is 0.600. The summed E-state index contributed by atoms with van der Waals surface area (Å²) < 4.78 is 5.11. The average Bonchev–Trinajstić information content (AvgIpc) is 2.74. The monoisotopic (exact) mass is 304 g/mol. The Kier molecular flexibility index (Phi) is 5.46. The second-order valence-corrected chi connectivity index (χ2v) is 4.39. The van der Waals surface area contributed by atoms with E-state index in [1.807, 2.05) is 0 Å². The van der Waals surface area contributed by atoms with Crippen molar-refractivity contribution in [3.05, 3.63) is 11.4 Å². The van der Waals surface area contributed by atoms with Crippen LogP contribution in [0.5, 0.6) is 0 Å². The number of nitrogens with one attached hydrogen (secondary N) is 2. The van der Waals surface area contributed by atoms with Crippen molar-refractivity contribution in [2.45, 2.75) is 24.5 Å². The Labute approximate surface area is 120 Å². The van der Waals surface area contributed by atoms with Crippen molar-refractivity contribution >= 4 is 11.7 Å². The lowest BCUT2D eigenvalue weighted by molar-refractivity contribution is -0.150. The Balaban J connectivity index is 2.98. The molecule has 11 heteroatoms. The van der Waals surface area contributed by atoms with Gasteiger partial charge < -0.3 is 36.8 Å². The number of nitrogens with zero attached hydrogens (tertiary/aromatic N) is 1. The van der Waals surface area contributed by atoms with Gasteiger partial charge in [-0.1, -0.05) is 0 Å². The standard InChI is InChI=1S/C10H20N6O5/c1-15-5(4(11)8(12)13)9(20)16(14)10-7(19)6(18)3(2-17)21-10/h3,6-7,10,15,17-19H,2,11,14H2,1H3,(H3,12,13)/b5-4+. The second kappa shape index (κ2) is 6.69. The molecule has 1 saturated heterocycles. The summed E-state index contributed by atoms with van der Waals surface area (Å²) in [5.41, 5.74) is 10.1.